The summed E-state index contributed by atoms with van der Waals surface area (Å²) in [6.07, 6.45) is 4.08. The molecule has 1 aromatic carbocycles. The van der Waals surface area contributed by atoms with E-state index in [4.69, 9.17) is 15.2 Å². The van der Waals surface area contributed by atoms with Crippen molar-refractivity contribution in [2.45, 2.75) is 44.2 Å². The predicted octanol–water partition coefficient (Wildman–Crippen LogP) is 2.10. The van der Waals surface area contributed by atoms with E-state index in [1.54, 1.807) is 38.4 Å². The van der Waals surface area contributed by atoms with E-state index in [-0.39, 0.29) is 12.1 Å². The van der Waals surface area contributed by atoms with Gasteiger partial charge in [-0.1, -0.05) is 12.1 Å². The van der Waals surface area contributed by atoms with Crippen LogP contribution in [0.25, 0.3) is 0 Å². The number of carbonyl (C=O) groups is 2. The van der Waals surface area contributed by atoms with E-state index in [1.807, 2.05) is 0 Å². The van der Waals surface area contributed by atoms with Gasteiger partial charge >= 0.3 is 12.1 Å². The van der Waals surface area contributed by atoms with Gasteiger partial charge in [0.15, 0.2) is 0 Å². The van der Waals surface area contributed by atoms with Crippen LogP contribution in [0.15, 0.2) is 24.3 Å². The minimum atomic E-state index is -0.675. The third-order valence-electron chi connectivity index (χ3n) is 3.84. The van der Waals surface area contributed by atoms with Crippen molar-refractivity contribution < 1.29 is 19.1 Å². The van der Waals surface area contributed by atoms with E-state index < -0.39 is 12.1 Å². The van der Waals surface area contributed by atoms with Gasteiger partial charge in [-0.15, -0.1) is 0 Å². The van der Waals surface area contributed by atoms with E-state index in [1.165, 1.54) is 4.90 Å². The zero-order valence-electron chi connectivity index (χ0n) is 13.7. The molecule has 1 aliphatic rings. The van der Waals surface area contributed by atoms with Crippen LogP contribution in [0.3, 0.4) is 0 Å². The second-order valence-corrected chi connectivity index (χ2v) is 6.06. The molecule has 1 saturated carbocycles. The molecule has 0 saturated heterocycles. The maximum absolute atomic E-state index is 12.0. The van der Waals surface area contributed by atoms with Gasteiger partial charge in [-0.3, -0.25) is 4.79 Å². The molecule has 126 valence electrons. The molecule has 1 atom stereocenters. The lowest BCUT2D eigenvalue weighted by atomic mass is 10.1. The molecule has 0 bridgehead atoms. The lowest BCUT2D eigenvalue weighted by Crippen LogP contribution is -2.36. The van der Waals surface area contributed by atoms with E-state index in [9.17, 15) is 9.59 Å². The summed E-state index contributed by atoms with van der Waals surface area (Å²) in [7, 11) is 3.23. The number of hydrogen-bond donors (Lipinski definition) is 1. The SMILES string of the molecule is CN(C)C(=O)Oc1ccc(C[C@H](N)C(=O)OC2CCCC2)cc1. The zero-order valence-corrected chi connectivity index (χ0v) is 13.7. The summed E-state index contributed by atoms with van der Waals surface area (Å²) in [6, 6.07) is 6.28. The number of hydrogen-bond acceptors (Lipinski definition) is 5. The van der Waals surface area contributed by atoms with Gasteiger partial charge in [0.05, 0.1) is 0 Å². The molecule has 0 radical (unpaired) electrons. The Labute approximate surface area is 136 Å². The van der Waals surface area contributed by atoms with Gasteiger partial charge < -0.3 is 20.1 Å². The van der Waals surface area contributed by atoms with Gasteiger partial charge in [0.25, 0.3) is 0 Å². The van der Waals surface area contributed by atoms with Crippen LogP contribution in [0.1, 0.15) is 31.2 Å². The van der Waals surface area contributed by atoms with Crippen LogP contribution in [-0.4, -0.2) is 43.2 Å². The number of nitrogens with zero attached hydrogens (tertiary/aromatic N) is 1. The van der Waals surface area contributed by atoms with Crippen molar-refractivity contribution in [2.24, 2.45) is 5.73 Å². The normalized spacial score (nSPS) is 16.0. The highest BCUT2D eigenvalue weighted by molar-refractivity contribution is 5.76. The van der Waals surface area contributed by atoms with Gasteiger partial charge in [0.1, 0.15) is 17.9 Å². The van der Waals surface area contributed by atoms with Crippen LogP contribution in [0.5, 0.6) is 5.75 Å². The average molecular weight is 320 g/mol. The third kappa shape index (κ3) is 5.25. The molecule has 0 aliphatic heterocycles. The minimum absolute atomic E-state index is 0.0290. The zero-order chi connectivity index (χ0) is 16.8. The molecular weight excluding hydrogens is 296 g/mol. The monoisotopic (exact) mass is 320 g/mol. The lowest BCUT2D eigenvalue weighted by molar-refractivity contribution is -0.150. The number of benzene rings is 1. The van der Waals surface area contributed by atoms with Gasteiger partial charge in [-0.25, -0.2) is 4.79 Å². The van der Waals surface area contributed by atoms with Crippen molar-refractivity contribution in [3.63, 3.8) is 0 Å². The summed E-state index contributed by atoms with van der Waals surface area (Å²) in [6.45, 7) is 0. The minimum Gasteiger partial charge on any atom is -0.461 e. The molecule has 0 spiro atoms. The molecule has 1 amide bonds. The van der Waals surface area contributed by atoms with Crippen LogP contribution in [0.2, 0.25) is 0 Å². The molecule has 1 fully saturated rings. The molecule has 1 aliphatic carbocycles. The molecule has 2 N–H and O–H groups in total. The highest BCUT2D eigenvalue weighted by Crippen LogP contribution is 2.21. The number of esters is 1. The quantitative estimate of drug-likeness (QED) is 0.840. The second-order valence-electron chi connectivity index (χ2n) is 6.06. The molecule has 6 nitrogen and oxygen atoms in total. The van der Waals surface area contributed by atoms with E-state index >= 15 is 0 Å². The molecule has 1 aromatic rings. The Balaban J connectivity index is 1.84. The molecule has 23 heavy (non-hydrogen) atoms. The fourth-order valence-corrected chi connectivity index (χ4v) is 2.48. The Morgan fingerprint density at radius 1 is 1.22 bits per heavy atom. The Kier molecular flexibility index (Phi) is 5.98. The Morgan fingerprint density at radius 2 is 1.83 bits per heavy atom. The first-order valence-corrected chi connectivity index (χ1v) is 7.90. The molecule has 0 unspecified atom stereocenters. The highest BCUT2D eigenvalue weighted by Gasteiger charge is 2.23. The van der Waals surface area contributed by atoms with E-state index in [2.05, 4.69) is 0 Å². The first-order valence-electron chi connectivity index (χ1n) is 7.90. The molecule has 2 rings (SSSR count). The fourth-order valence-electron chi connectivity index (χ4n) is 2.48. The molecule has 0 aromatic heterocycles. The van der Waals surface area contributed by atoms with Crippen LogP contribution in [0, 0.1) is 0 Å². The molecule has 6 heteroatoms. The summed E-state index contributed by atoms with van der Waals surface area (Å²) in [5.41, 5.74) is 6.81. The van der Waals surface area contributed by atoms with Crippen LogP contribution >= 0.6 is 0 Å². The first-order chi connectivity index (χ1) is 11.0. The largest absolute Gasteiger partial charge is 0.461 e. The van der Waals surface area contributed by atoms with E-state index in [0.29, 0.717) is 12.2 Å². The van der Waals surface area contributed by atoms with E-state index in [0.717, 1.165) is 31.2 Å². The van der Waals surface area contributed by atoms with Crippen molar-refractivity contribution in [3.8, 4) is 5.75 Å². The number of ether oxygens (including phenoxy) is 2. The maximum atomic E-state index is 12.0. The van der Waals surface area contributed by atoms with Crippen LogP contribution in [0.4, 0.5) is 4.79 Å². The van der Waals surface area contributed by atoms with Crippen molar-refractivity contribution in [1.82, 2.24) is 4.90 Å². The second kappa shape index (κ2) is 7.97. The standard InChI is InChI=1S/C17H24N2O4/c1-19(2)17(21)23-14-9-7-12(8-10-14)11-15(18)16(20)22-13-5-3-4-6-13/h7-10,13,15H,3-6,11,18H2,1-2H3/t15-/m0/s1. The number of nitrogens with two attached hydrogens (primary N) is 1. The number of carbonyl (C=O) groups excluding carboxylic acids is 2. The Bertz CT molecular complexity index is 536. The lowest BCUT2D eigenvalue weighted by Gasteiger charge is -2.16. The Hall–Kier alpha value is -2.08. The average Bonchev–Trinajstić information content (AvgIpc) is 3.02. The summed E-state index contributed by atoms with van der Waals surface area (Å²) in [5.74, 6) is 0.106. The van der Waals surface area contributed by atoms with Crippen molar-refractivity contribution in [3.05, 3.63) is 29.8 Å². The first kappa shape index (κ1) is 17.3. The summed E-state index contributed by atoms with van der Waals surface area (Å²) < 4.78 is 10.5. The third-order valence-corrected chi connectivity index (χ3v) is 3.84. The predicted molar refractivity (Wildman–Crippen MR) is 86.2 cm³/mol. The summed E-state index contributed by atoms with van der Waals surface area (Å²) in [5, 5.41) is 0. The highest BCUT2D eigenvalue weighted by atomic mass is 16.6. The van der Waals surface area contributed by atoms with Crippen LogP contribution in [-0.2, 0) is 16.0 Å². The topological polar surface area (TPSA) is 81.9 Å². The van der Waals surface area contributed by atoms with Crippen molar-refractivity contribution in [1.29, 1.82) is 0 Å². The van der Waals surface area contributed by atoms with Crippen molar-refractivity contribution >= 4 is 12.1 Å². The van der Waals surface area contributed by atoms with Crippen molar-refractivity contribution in [2.75, 3.05) is 14.1 Å². The fraction of sp³-hybridized carbons (Fsp3) is 0.529. The number of rotatable bonds is 5. The Morgan fingerprint density at radius 3 is 2.39 bits per heavy atom. The van der Waals surface area contributed by atoms with Gasteiger partial charge in [-0.05, 0) is 49.8 Å². The summed E-state index contributed by atoms with van der Waals surface area (Å²) in [4.78, 5) is 24.8. The summed E-state index contributed by atoms with van der Waals surface area (Å²) >= 11 is 0. The maximum Gasteiger partial charge on any atom is 0.414 e. The van der Waals surface area contributed by atoms with Gasteiger partial charge in [0, 0.05) is 14.1 Å². The van der Waals surface area contributed by atoms with Gasteiger partial charge in [0.2, 0.25) is 0 Å². The van der Waals surface area contributed by atoms with Crippen LogP contribution < -0.4 is 10.5 Å². The smallest absolute Gasteiger partial charge is 0.414 e. The molecule has 0 heterocycles. The van der Waals surface area contributed by atoms with Gasteiger partial charge in [-0.2, -0.15) is 0 Å². The molecular formula is C17H24N2O4. The number of amides is 1.